The lowest BCUT2D eigenvalue weighted by atomic mass is 9.67. The van der Waals surface area contributed by atoms with E-state index in [0.717, 1.165) is 32.1 Å². The number of benzene rings is 5. The van der Waals surface area contributed by atoms with Crippen molar-refractivity contribution in [3.8, 4) is 11.1 Å². The maximum Gasteiger partial charge on any atom is 0.0960 e. The summed E-state index contributed by atoms with van der Waals surface area (Å²) < 4.78 is 0. The molecule has 0 N–H and O–H groups in total. The average Bonchev–Trinajstić information content (AvgIpc) is 4.07. The van der Waals surface area contributed by atoms with E-state index in [1.54, 1.807) is 11.1 Å². The Balaban J connectivity index is 1.05. The van der Waals surface area contributed by atoms with Crippen molar-refractivity contribution < 1.29 is 0 Å². The van der Waals surface area contributed by atoms with Gasteiger partial charge < -0.3 is 4.90 Å². The van der Waals surface area contributed by atoms with Crippen LogP contribution in [0.1, 0.15) is 90.5 Å². The topological polar surface area (TPSA) is 3.24 Å². The highest BCUT2D eigenvalue weighted by Gasteiger charge is 2.47. The predicted octanol–water partition coefficient (Wildman–Crippen LogP) is 14.3. The van der Waals surface area contributed by atoms with Crippen molar-refractivity contribution in [3.63, 3.8) is 0 Å². The number of thiophene rings is 1. The van der Waals surface area contributed by atoms with Crippen LogP contribution in [0.25, 0.3) is 28.9 Å². The van der Waals surface area contributed by atoms with E-state index in [4.69, 9.17) is 0 Å². The molecule has 270 valence electrons. The van der Waals surface area contributed by atoms with Crippen LogP contribution in [0.15, 0.2) is 168 Å². The zero-order valence-electron chi connectivity index (χ0n) is 31.5. The first-order valence-electron chi connectivity index (χ1n) is 19.9. The monoisotopic (exact) mass is 747 g/mol. The van der Waals surface area contributed by atoms with Crippen LogP contribution < -0.4 is 4.90 Å². The summed E-state index contributed by atoms with van der Waals surface area (Å²) in [7, 11) is 0. The molecule has 1 unspecified atom stereocenters. The Morgan fingerprint density at radius 3 is 2.15 bits per heavy atom. The molecule has 1 atom stereocenters. The number of nitrogens with zero attached hydrogens (tertiary/aromatic N) is 1. The van der Waals surface area contributed by atoms with E-state index in [-0.39, 0.29) is 5.41 Å². The van der Waals surface area contributed by atoms with Gasteiger partial charge in [-0.05, 0) is 128 Å². The van der Waals surface area contributed by atoms with Crippen molar-refractivity contribution in [2.24, 2.45) is 0 Å². The Bertz CT molecular complexity index is 2470. The van der Waals surface area contributed by atoms with Gasteiger partial charge in [-0.2, -0.15) is 0 Å². The number of anilines is 1. The largest absolute Gasteiger partial charge is 0.324 e. The second-order valence-electron chi connectivity index (χ2n) is 15.3. The zero-order chi connectivity index (χ0) is 37.0. The van der Waals surface area contributed by atoms with Crippen molar-refractivity contribution >= 4 is 45.8 Å². The maximum absolute atomic E-state index is 2.65. The molecular weight excluding hydrogens is 703 g/mol. The van der Waals surface area contributed by atoms with Crippen LogP contribution in [-0.4, -0.2) is 5.37 Å². The van der Waals surface area contributed by atoms with Gasteiger partial charge in [0.1, 0.15) is 0 Å². The number of hydrogen-bond acceptors (Lipinski definition) is 3. The first-order valence-corrected chi connectivity index (χ1v) is 21.7. The van der Waals surface area contributed by atoms with E-state index >= 15 is 0 Å². The summed E-state index contributed by atoms with van der Waals surface area (Å²) in [5, 5.41) is 6.30. The van der Waals surface area contributed by atoms with Crippen LogP contribution in [-0.2, 0) is 10.8 Å². The lowest BCUT2D eigenvalue weighted by Crippen LogP contribution is -2.32. The number of fused-ring (bicyclic) bond motifs is 5. The molecule has 0 radical (unpaired) electrons. The van der Waals surface area contributed by atoms with Crippen LogP contribution in [0.2, 0.25) is 0 Å². The van der Waals surface area contributed by atoms with Gasteiger partial charge in [-0.1, -0.05) is 153 Å². The molecule has 0 amide bonds. The van der Waals surface area contributed by atoms with Gasteiger partial charge in [0.05, 0.1) is 15.8 Å². The Kier molecular flexibility index (Phi) is 8.69. The zero-order valence-corrected chi connectivity index (χ0v) is 33.2. The smallest absolute Gasteiger partial charge is 0.0960 e. The molecule has 1 aliphatic heterocycles. The predicted molar refractivity (Wildman–Crippen MR) is 238 cm³/mol. The number of rotatable bonds is 9. The number of thioether (sulfide) groups is 1. The average molecular weight is 748 g/mol. The normalized spacial score (nSPS) is 18.6. The molecule has 3 heteroatoms. The molecule has 0 saturated carbocycles. The Hall–Kier alpha value is -5.09. The summed E-state index contributed by atoms with van der Waals surface area (Å²) >= 11 is 3.82. The van der Waals surface area contributed by atoms with E-state index in [1.165, 1.54) is 66.3 Å². The van der Waals surface area contributed by atoms with E-state index in [9.17, 15) is 0 Å². The molecule has 0 fully saturated rings. The van der Waals surface area contributed by atoms with Crippen LogP contribution in [0.4, 0.5) is 5.00 Å². The molecule has 1 nitrogen and oxygen atoms in total. The first kappa shape index (κ1) is 34.4. The molecule has 1 aromatic heterocycles. The Labute approximate surface area is 334 Å². The molecule has 5 aromatic carbocycles. The molecule has 3 aliphatic carbocycles. The highest BCUT2D eigenvalue weighted by atomic mass is 32.2. The Morgan fingerprint density at radius 2 is 1.44 bits per heavy atom. The third-order valence-corrected chi connectivity index (χ3v) is 14.8. The van der Waals surface area contributed by atoms with Gasteiger partial charge in [0.2, 0.25) is 0 Å². The SMILES string of the molecule is CCC1(CC)C2=C(CCC(N(c3cccs3)C3CC=CS3)=C2)c2ccc(/C=C/c3cccc4c3-c3ccccc3C4(c3ccccc3)c3ccccc3)cc21. The van der Waals surface area contributed by atoms with Gasteiger partial charge in [-0.25, -0.2) is 0 Å². The highest BCUT2D eigenvalue weighted by Crippen LogP contribution is 2.58. The van der Waals surface area contributed by atoms with E-state index in [2.05, 4.69) is 187 Å². The van der Waals surface area contributed by atoms with Gasteiger partial charge in [-0.15, -0.1) is 23.1 Å². The molecule has 0 saturated heterocycles. The second-order valence-corrected chi connectivity index (χ2v) is 17.3. The molecule has 10 rings (SSSR count). The molecule has 0 bridgehead atoms. The summed E-state index contributed by atoms with van der Waals surface area (Å²) in [5.41, 5.74) is 17.7. The van der Waals surface area contributed by atoms with Crippen LogP contribution in [0.5, 0.6) is 0 Å². The van der Waals surface area contributed by atoms with Crippen LogP contribution in [0.3, 0.4) is 0 Å². The van der Waals surface area contributed by atoms with Crippen molar-refractivity contribution in [1.82, 2.24) is 0 Å². The minimum Gasteiger partial charge on any atom is -0.324 e. The third-order valence-electron chi connectivity index (χ3n) is 12.9. The fourth-order valence-corrected chi connectivity index (χ4v) is 12.2. The maximum atomic E-state index is 2.65. The first-order chi connectivity index (χ1) is 27.2. The van der Waals surface area contributed by atoms with Gasteiger partial charge in [-0.3, -0.25) is 0 Å². The molecule has 0 spiro atoms. The molecule has 2 heterocycles. The van der Waals surface area contributed by atoms with Gasteiger partial charge in [0, 0.05) is 11.1 Å². The summed E-state index contributed by atoms with van der Waals surface area (Å²) in [4.78, 5) is 2.65. The molecule has 4 aliphatic rings. The Morgan fingerprint density at radius 1 is 0.691 bits per heavy atom. The van der Waals surface area contributed by atoms with Crippen molar-refractivity contribution in [3.05, 3.63) is 212 Å². The third kappa shape index (κ3) is 5.27. The van der Waals surface area contributed by atoms with Gasteiger partial charge >= 0.3 is 0 Å². The lowest BCUT2D eigenvalue weighted by molar-refractivity contribution is 0.484. The minimum absolute atomic E-state index is 0.0142. The number of hydrogen-bond donors (Lipinski definition) is 0. The number of allylic oxidation sites excluding steroid dienone is 4. The fourth-order valence-electron chi connectivity index (χ4n) is 10.4. The molecule has 55 heavy (non-hydrogen) atoms. The summed E-state index contributed by atoms with van der Waals surface area (Å²) in [6.07, 6.45) is 15.1. The molecular formula is C52H45NS2. The van der Waals surface area contributed by atoms with Gasteiger partial charge in [0.15, 0.2) is 0 Å². The fraction of sp³-hybridized carbons (Fsp3) is 0.192. The van der Waals surface area contributed by atoms with E-state index in [0.29, 0.717) is 5.37 Å². The van der Waals surface area contributed by atoms with Crippen molar-refractivity contribution in [1.29, 1.82) is 0 Å². The standard InChI is InChI=1S/C52H45NS2/c1-3-51(4-2)46-34-36(27-30-41(46)42-31-29-40(35-47(42)51)53(48-24-14-32-54-48)49-25-15-33-55-49)26-28-37-16-13-23-45-50(37)43-21-11-12-22-44(43)52(45,38-17-7-5-8-18-38)39-19-9-6-10-20-39/h5-24,26-28,30,32-35,49H,3-4,25,29,31H2,1-2H3/b28-26+. The summed E-state index contributed by atoms with van der Waals surface area (Å²) in [6, 6.07) is 50.0. The van der Waals surface area contributed by atoms with E-state index in [1.807, 2.05) is 23.1 Å². The second kappa shape index (κ2) is 13.9. The van der Waals surface area contributed by atoms with Crippen LogP contribution in [0, 0.1) is 0 Å². The van der Waals surface area contributed by atoms with E-state index < -0.39 is 5.41 Å². The highest BCUT2D eigenvalue weighted by molar-refractivity contribution is 8.03. The van der Waals surface area contributed by atoms with Gasteiger partial charge in [0.25, 0.3) is 0 Å². The van der Waals surface area contributed by atoms with Crippen molar-refractivity contribution in [2.45, 2.75) is 62.2 Å². The summed E-state index contributed by atoms with van der Waals surface area (Å²) in [5.74, 6) is 0. The summed E-state index contributed by atoms with van der Waals surface area (Å²) in [6.45, 7) is 4.80. The lowest BCUT2D eigenvalue weighted by Gasteiger charge is -2.36. The van der Waals surface area contributed by atoms with Crippen LogP contribution >= 0.6 is 23.1 Å². The minimum atomic E-state index is -0.392. The quantitative estimate of drug-likeness (QED) is 0.135. The van der Waals surface area contributed by atoms with Crippen molar-refractivity contribution in [2.75, 3.05) is 4.90 Å². The molecule has 6 aromatic rings.